The van der Waals surface area contributed by atoms with E-state index in [2.05, 4.69) is 38.8 Å². The second-order valence-corrected chi connectivity index (χ2v) is 7.40. The van der Waals surface area contributed by atoms with E-state index < -0.39 is 7.82 Å². The lowest BCUT2D eigenvalue weighted by Crippen LogP contribution is -2.01. The lowest BCUT2D eigenvalue weighted by molar-refractivity contribution is 0.143. The average Bonchev–Trinajstić information content (AvgIpc) is 2.24. The molecule has 0 heterocycles. The minimum atomic E-state index is -3.49. The number of phosphoric ester groups is 1. The molecule has 0 N–H and O–H groups in total. The molecule has 0 amide bonds. The van der Waals surface area contributed by atoms with Crippen LogP contribution in [-0.4, -0.2) is 13.2 Å². The SMILES string of the molecule is CCCCC(OP(=O)(OCC)OCC)=C(Br)Br. The smallest absolute Gasteiger partial charge is 0.407 e. The number of hydrogen-bond donors (Lipinski definition) is 0. The summed E-state index contributed by atoms with van der Waals surface area (Å²) in [6.07, 6.45) is 2.63. The van der Waals surface area contributed by atoms with Crippen LogP contribution in [-0.2, 0) is 18.1 Å². The zero-order valence-corrected chi connectivity index (χ0v) is 14.4. The van der Waals surface area contributed by atoms with Crippen LogP contribution >= 0.6 is 39.7 Å². The minimum absolute atomic E-state index is 0.276. The standard InChI is InChI=1S/C10H19Br2O4P/c1-4-7-8-9(10(11)12)16-17(13,14-5-2)15-6-3/h4-8H2,1-3H3. The van der Waals surface area contributed by atoms with Crippen LogP contribution in [0.1, 0.15) is 40.0 Å². The summed E-state index contributed by atoms with van der Waals surface area (Å²) in [4.78, 5) is 0. The molecule has 0 unspecified atom stereocenters. The van der Waals surface area contributed by atoms with Crippen LogP contribution < -0.4 is 0 Å². The van der Waals surface area contributed by atoms with Crippen molar-refractivity contribution in [3.05, 3.63) is 9.15 Å². The van der Waals surface area contributed by atoms with Gasteiger partial charge in [0, 0.05) is 6.42 Å². The lowest BCUT2D eigenvalue weighted by Gasteiger charge is -2.19. The molecule has 0 aromatic heterocycles. The zero-order valence-electron chi connectivity index (χ0n) is 10.4. The van der Waals surface area contributed by atoms with Crippen molar-refractivity contribution >= 4 is 39.7 Å². The predicted molar refractivity (Wildman–Crippen MR) is 76.3 cm³/mol. The van der Waals surface area contributed by atoms with Crippen molar-refractivity contribution in [2.75, 3.05) is 13.2 Å². The highest BCUT2D eigenvalue weighted by Gasteiger charge is 2.28. The van der Waals surface area contributed by atoms with Gasteiger partial charge in [0.25, 0.3) is 0 Å². The van der Waals surface area contributed by atoms with E-state index in [4.69, 9.17) is 13.6 Å². The Morgan fingerprint density at radius 3 is 2.00 bits per heavy atom. The Morgan fingerprint density at radius 2 is 1.65 bits per heavy atom. The molecule has 0 aliphatic heterocycles. The largest absolute Gasteiger partial charge is 0.529 e. The Morgan fingerprint density at radius 1 is 1.12 bits per heavy atom. The molecule has 0 saturated carbocycles. The maximum Gasteiger partial charge on any atom is 0.529 e. The Kier molecular flexibility index (Phi) is 9.93. The number of rotatable bonds is 9. The lowest BCUT2D eigenvalue weighted by atomic mass is 10.2. The van der Waals surface area contributed by atoms with Gasteiger partial charge in [0.1, 0.15) is 5.76 Å². The van der Waals surface area contributed by atoms with Crippen molar-refractivity contribution in [3.8, 4) is 0 Å². The van der Waals surface area contributed by atoms with Crippen molar-refractivity contribution in [3.63, 3.8) is 0 Å². The number of allylic oxidation sites excluding steroid dienone is 1. The Hall–Kier alpha value is 0.650. The van der Waals surface area contributed by atoms with E-state index in [9.17, 15) is 4.57 Å². The van der Waals surface area contributed by atoms with Crippen LogP contribution in [0, 0.1) is 0 Å². The summed E-state index contributed by atoms with van der Waals surface area (Å²) in [6, 6.07) is 0. The van der Waals surface area contributed by atoms with Gasteiger partial charge in [-0.1, -0.05) is 13.3 Å². The predicted octanol–water partition coefficient (Wildman–Crippen LogP) is 5.33. The minimum Gasteiger partial charge on any atom is -0.407 e. The molecule has 7 heteroatoms. The maximum absolute atomic E-state index is 12.1. The first-order chi connectivity index (χ1) is 7.99. The van der Waals surface area contributed by atoms with Gasteiger partial charge in [-0.2, -0.15) is 0 Å². The quantitative estimate of drug-likeness (QED) is 0.392. The van der Waals surface area contributed by atoms with Crippen LogP contribution in [0.25, 0.3) is 0 Å². The van der Waals surface area contributed by atoms with E-state index in [0.29, 0.717) is 15.6 Å². The van der Waals surface area contributed by atoms with Crippen molar-refractivity contribution in [1.82, 2.24) is 0 Å². The highest BCUT2D eigenvalue weighted by molar-refractivity contribution is 9.28. The number of unbranched alkanes of at least 4 members (excludes halogenated alkanes) is 1. The highest BCUT2D eigenvalue weighted by atomic mass is 79.9. The summed E-state index contributed by atoms with van der Waals surface area (Å²) in [5.74, 6) is 0.553. The highest BCUT2D eigenvalue weighted by Crippen LogP contribution is 2.52. The fourth-order valence-corrected chi connectivity index (χ4v) is 3.13. The van der Waals surface area contributed by atoms with E-state index in [1.807, 2.05) is 0 Å². The monoisotopic (exact) mass is 392 g/mol. The Bertz CT molecular complexity index is 280. The molecule has 0 saturated heterocycles. The van der Waals surface area contributed by atoms with E-state index in [1.54, 1.807) is 13.8 Å². The molecule has 102 valence electrons. The van der Waals surface area contributed by atoms with Gasteiger partial charge in [-0.15, -0.1) is 0 Å². The van der Waals surface area contributed by atoms with Crippen LogP contribution in [0.15, 0.2) is 9.15 Å². The topological polar surface area (TPSA) is 44.8 Å². The molecule has 0 radical (unpaired) electrons. The summed E-state index contributed by atoms with van der Waals surface area (Å²) in [5, 5.41) is 0. The molecule has 0 bridgehead atoms. The summed E-state index contributed by atoms with van der Waals surface area (Å²) in [7, 11) is -3.49. The molecule has 0 atom stereocenters. The molecular formula is C10H19Br2O4P. The average molecular weight is 394 g/mol. The van der Waals surface area contributed by atoms with Crippen LogP contribution in [0.5, 0.6) is 0 Å². The first-order valence-corrected chi connectivity index (χ1v) is 8.66. The summed E-state index contributed by atoms with van der Waals surface area (Å²) < 4.78 is 28.3. The molecular weight excluding hydrogens is 375 g/mol. The zero-order chi connectivity index (χ0) is 13.3. The Labute approximate surface area is 120 Å². The van der Waals surface area contributed by atoms with Gasteiger partial charge in [0.05, 0.1) is 16.6 Å². The van der Waals surface area contributed by atoms with E-state index in [0.717, 1.165) is 12.8 Å². The molecule has 0 rings (SSSR count). The van der Waals surface area contributed by atoms with Crippen molar-refractivity contribution in [2.24, 2.45) is 0 Å². The Balaban J connectivity index is 4.69. The van der Waals surface area contributed by atoms with E-state index >= 15 is 0 Å². The maximum atomic E-state index is 12.1. The molecule has 0 fully saturated rings. The summed E-state index contributed by atoms with van der Waals surface area (Å²) in [5.41, 5.74) is 0. The van der Waals surface area contributed by atoms with Gasteiger partial charge in [-0.3, -0.25) is 9.05 Å². The van der Waals surface area contributed by atoms with Gasteiger partial charge < -0.3 is 4.52 Å². The van der Waals surface area contributed by atoms with Crippen LogP contribution in [0.4, 0.5) is 0 Å². The first-order valence-electron chi connectivity index (χ1n) is 5.61. The van der Waals surface area contributed by atoms with Gasteiger partial charge in [0.2, 0.25) is 0 Å². The third-order valence-corrected chi connectivity index (χ3v) is 4.24. The molecule has 0 spiro atoms. The second-order valence-electron chi connectivity index (χ2n) is 3.16. The van der Waals surface area contributed by atoms with Gasteiger partial charge in [-0.25, -0.2) is 4.57 Å². The van der Waals surface area contributed by atoms with Gasteiger partial charge >= 0.3 is 7.82 Å². The van der Waals surface area contributed by atoms with Crippen LogP contribution in [0.2, 0.25) is 0 Å². The number of hydrogen-bond acceptors (Lipinski definition) is 4. The summed E-state index contributed by atoms with van der Waals surface area (Å²) in [6.45, 7) is 6.11. The fraction of sp³-hybridized carbons (Fsp3) is 0.800. The third-order valence-electron chi connectivity index (χ3n) is 1.76. The third kappa shape index (κ3) is 7.62. The summed E-state index contributed by atoms with van der Waals surface area (Å²) >= 11 is 6.53. The van der Waals surface area contributed by atoms with E-state index in [1.165, 1.54) is 0 Å². The second kappa shape index (κ2) is 9.56. The van der Waals surface area contributed by atoms with Crippen molar-refractivity contribution in [2.45, 2.75) is 40.0 Å². The van der Waals surface area contributed by atoms with Gasteiger partial charge in [0.15, 0.2) is 0 Å². The molecule has 0 aliphatic carbocycles. The van der Waals surface area contributed by atoms with E-state index in [-0.39, 0.29) is 13.2 Å². The molecule has 0 aromatic rings. The van der Waals surface area contributed by atoms with Crippen LogP contribution in [0.3, 0.4) is 0 Å². The molecule has 17 heavy (non-hydrogen) atoms. The van der Waals surface area contributed by atoms with Gasteiger partial charge in [-0.05, 0) is 52.1 Å². The normalized spacial score (nSPS) is 11.4. The van der Waals surface area contributed by atoms with Crippen molar-refractivity contribution in [1.29, 1.82) is 0 Å². The fourth-order valence-electron chi connectivity index (χ4n) is 1.05. The number of halogens is 2. The molecule has 0 aliphatic rings. The molecule has 0 aromatic carbocycles. The first kappa shape index (κ1) is 17.6. The molecule has 4 nitrogen and oxygen atoms in total. The number of phosphoric acid groups is 1. The van der Waals surface area contributed by atoms with Crippen molar-refractivity contribution < 1.29 is 18.1 Å².